The molecule has 1 aromatic heterocycles. The standard InChI is InChI=1S/C18H17NS/c1-2-16-12-17(18(19)20-16)15-10-8-14(9-11-15)13-6-4-3-5-7-13/h3-12H,2,19H2,1H3. The molecule has 20 heavy (non-hydrogen) atoms. The van der Waals surface area contributed by atoms with Crippen molar-refractivity contribution in [1.29, 1.82) is 0 Å². The molecular formula is C18H17NS. The monoisotopic (exact) mass is 279 g/mol. The lowest BCUT2D eigenvalue weighted by Crippen LogP contribution is -1.84. The molecule has 0 saturated carbocycles. The molecule has 0 fully saturated rings. The van der Waals surface area contributed by atoms with E-state index in [0.29, 0.717) is 0 Å². The maximum Gasteiger partial charge on any atom is 0.0938 e. The number of aryl methyl sites for hydroxylation is 1. The molecular weight excluding hydrogens is 262 g/mol. The highest BCUT2D eigenvalue weighted by atomic mass is 32.1. The van der Waals surface area contributed by atoms with Crippen molar-refractivity contribution in [2.75, 3.05) is 5.73 Å². The van der Waals surface area contributed by atoms with E-state index in [1.54, 1.807) is 11.3 Å². The van der Waals surface area contributed by atoms with Crippen molar-refractivity contribution in [2.24, 2.45) is 0 Å². The van der Waals surface area contributed by atoms with Gasteiger partial charge in [-0.25, -0.2) is 0 Å². The fourth-order valence-electron chi connectivity index (χ4n) is 2.33. The first-order valence-corrected chi connectivity index (χ1v) is 7.63. The van der Waals surface area contributed by atoms with Gasteiger partial charge in [0.25, 0.3) is 0 Å². The number of hydrogen-bond donors (Lipinski definition) is 1. The third kappa shape index (κ3) is 2.47. The van der Waals surface area contributed by atoms with Gasteiger partial charge in [-0.05, 0) is 29.2 Å². The van der Waals surface area contributed by atoms with Gasteiger partial charge in [0.2, 0.25) is 0 Å². The molecule has 0 aliphatic rings. The number of rotatable bonds is 3. The first-order chi connectivity index (χ1) is 9.78. The topological polar surface area (TPSA) is 26.0 Å². The lowest BCUT2D eigenvalue weighted by Gasteiger charge is -2.04. The molecule has 0 saturated heterocycles. The maximum atomic E-state index is 6.12. The summed E-state index contributed by atoms with van der Waals surface area (Å²) >= 11 is 1.69. The van der Waals surface area contributed by atoms with E-state index in [-0.39, 0.29) is 0 Å². The molecule has 0 aliphatic carbocycles. The quantitative estimate of drug-likeness (QED) is 0.698. The van der Waals surface area contributed by atoms with Crippen LogP contribution in [0.3, 0.4) is 0 Å². The van der Waals surface area contributed by atoms with Gasteiger partial charge in [-0.15, -0.1) is 11.3 Å². The van der Waals surface area contributed by atoms with Crippen molar-refractivity contribution in [2.45, 2.75) is 13.3 Å². The number of benzene rings is 2. The minimum absolute atomic E-state index is 0.911. The molecule has 1 heterocycles. The number of nitrogens with two attached hydrogens (primary N) is 1. The zero-order valence-electron chi connectivity index (χ0n) is 11.5. The largest absolute Gasteiger partial charge is 0.390 e. The summed E-state index contributed by atoms with van der Waals surface area (Å²) < 4.78 is 0. The second kappa shape index (κ2) is 5.51. The van der Waals surface area contributed by atoms with E-state index < -0.39 is 0 Å². The molecule has 2 N–H and O–H groups in total. The fourth-order valence-corrected chi connectivity index (χ4v) is 3.22. The minimum Gasteiger partial charge on any atom is -0.390 e. The van der Waals surface area contributed by atoms with Crippen LogP contribution in [0, 0.1) is 0 Å². The Morgan fingerprint density at radius 3 is 2.05 bits per heavy atom. The molecule has 0 bridgehead atoms. The molecule has 0 spiro atoms. The van der Waals surface area contributed by atoms with E-state index in [9.17, 15) is 0 Å². The van der Waals surface area contributed by atoms with Crippen molar-refractivity contribution in [1.82, 2.24) is 0 Å². The van der Waals surface area contributed by atoms with Crippen LogP contribution in [0.4, 0.5) is 5.00 Å². The van der Waals surface area contributed by atoms with E-state index in [2.05, 4.69) is 61.5 Å². The van der Waals surface area contributed by atoms with Crippen LogP contribution in [-0.4, -0.2) is 0 Å². The lowest BCUT2D eigenvalue weighted by atomic mass is 10.0. The first kappa shape index (κ1) is 12.9. The van der Waals surface area contributed by atoms with Crippen molar-refractivity contribution in [3.05, 3.63) is 65.5 Å². The van der Waals surface area contributed by atoms with Gasteiger partial charge >= 0.3 is 0 Å². The van der Waals surface area contributed by atoms with Crippen molar-refractivity contribution in [3.8, 4) is 22.3 Å². The van der Waals surface area contributed by atoms with Crippen LogP contribution in [0.5, 0.6) is 0 Å². The Bertz CT molecular complexity index is 696. The zero-order valence-corrected chi connectivity index (χ0v) is 12.3. The third-order valence-electron chi connectivity index (χ3n) is 3.46. The first-order valence-electron chi connectivity index (χ1n) is 6.82. The average molecular weight is 279 g/mol. The fraction of sp³-hybridized carbons (Fsp3) is 0.111. The summed E-state index contributed by atoms with van der Waals surface area (Å²) in [6.45, 7) is 2.16. The van der Waals surface area contributed by atoms with Crippen LogP contribution < -0.4 is 5.73 Å². The number of hydrogen-bond acceptors (Lipinski definition) is 2. The van der Waals surface area contributed by atoms with E-state index in [1.165, 1.54) is 21.6 Å². The normalized spacial score (nSPS) is 10.7. The third-order valence-corrected chi connectivity index (χ3v) is 4.57. The molecule has 0 aliphatic heterocycles. The Labute approximate surface area is 123 Å². The van der Waals surface area contributed by atoms with Crippen molar-refractivity contribution >= 4 is 16.3 Å². The second-order valence-corrected chi connectivity index (χ2v) is 5.96. The summed E-state index contributed by atoms with van der Waals surface area (Å²) in [5, 5.41) is 0.911. The molecule has 0 atom stereocenters. The van der Waals surface area contributed by atoms with Gasteiger partial charge in [0.15, 0.2) is 0 Å². The van der Waals surface area contributed by atoms with Crippen molar-refractivity contribution in [3.63, 3.8) is 0 Å². The summed E-state index contributed by atoms with van der Waals surface area (Å²) in [5.74, 6) is 0. The van der Waals surface area contributed by atoms with Gasteiger partial charge in [0.05, 0.1) is 5.00 Å². The van der Waals surface area contributed by atoms with E-state index in [4.69, 9.17) is 5.73 Å². The van der Waals surface area contributed by atoms with Crippen LogP contribution in [0.1, 0.15) is 11.8 Å². The highest BCUT2D eigenvalue weighted by Crippen LogP contribution is 2.35. The Kier molecular flexibility index (Phi) is 3.57. The van der Waals surface area contributed by atoms with Crippen molar-refractivity contribution < 1.29 is 0 Å². The molecule has 100 valence electrons. The van der Waals surface area contributed by atoms with Crippen LogP contribution in [-0.2, 0) is 6.42 Å². The Morgan fingerprint density at radius 2 is 1.45 bits per heavy atom. The Balaban J connectivity index is 1.95. The Morgan fingerprint density at radius 1 is 0.850 bits per heavy atom. The van der Waals surface area contributed by atoms with Gasteiger partial charge in [0, 0.05) is 10.4 Å². The molecule has 0 unspecified atom stereocenters. The summed E-state index contributed by atoms with van der Waals surface area (Å²) in [6.07, 6.45) is 1.04. The summed E-state index contributed by atoms with van der Waals surface area (Å²) in [6, 6.07) is 21.3. The van der Waals surface area contributed by atoms with Crippen LogP contribution in [0.15, 0.2) is 60.7 Å². The molecule has 2 aromatic carbocycles. The van der Waals surface area contributed by atoms with Crippen LogP contribution >= 0.6 is 11.3 Å². The van der Waals surface area contributed by atoms with E-state index in [0.717, 1.165) is 17.0 Å². The highest BCUT2D eigenvalue weighted by Gasteiger charge is 2.07. The molecule has 0 radical (unpaired) electrons. The molecule has 0 amide bonds. The number of anilines is 1. The molecule has 1 nitrogen and oxygen atoms in total. The summed E-state index contributed by atoms with van der Waals surface area (Å²) in [5.41, 5.74) is 10.9. The average Bonchev–Trinajstić information content (AvgIpc) is 2.89. The van der Waals surface area contributed by atoms with Gasteiger partial charge in [-0.1, -0.05) is 61.5 Å². The summed E-state index contributed by atoms with van der Waals surface area (Å²) in [4.78, 5) is 1.34. The SMILES string of the molecule is CCc1cc(-c2ccc(-c3ccccc3)cc2)c(N)s1. The zero-order chi connectivity index (χ0) is 13.9. The number of nitrogen functional groups attached to an aromatic ring is 1. The number of thiophene rings is 1. The van der Waals surface area contributed by atoms with Gasteiger partial charge in [0.1, 0.15) is 0 Å². The predicted molar refractivity (Wildman–Crippen MR) is 89.0 cm³/mol. The molecule has 2 heteroatoms. The van der Waals surface area contributed by atoms with Gasteiger partial charge in [-0.3, -0.25) is 0 Å². The van der Waals surface area contributed by atoms with Gasteiger partial charge < -0.3 is 5.73 Å². The second-order valence-electron chi connectivity index (χ2n) is 4.79. The smallest absolute Gasteiger partial charge is 0.0938 e. The predicted octanol–water partition coefficient (Wildman–Crippen LogP) is 5.23. The van der Waals surface area contributed by atoms with Crippen LogP contribution in [0.25, 0.3) is 22.3 Å². The van der Waals surface area contributed by atoms with E-state index in [1.807, 2.05) is 6.07 Å². The lowest BCUT2D eigenvalue weighted by molar-refractivity contribution is 1.19. The Hall–Kier alpha value is -2.06. The van der Waals surface area contributed by atoms with Gasteiger partial charge in [-0.2, -0.15) is 0 Å². The highest BCUT2D eigenvalue weighted by molar-refractivity contribution is 7.16. The van der Waals surface area contributed by atoms with E-state index >= 15 is 0 Å². The minimum atomic E-state index is 0.911. The van der Waals surface area contributed by atoms with Crippen LogP contribution in [0.2, 0.25) is 0 Å². The molecule has 3 rings (SSSR count). The molecule has 3 aromatic rings. The summed E-state index contributed by atoms with van der Waals surface area (Å²) in [7, 11) is 0. The maximum absolute atomic E-state index is 6.12.